The summed E-state index contributed by atoms with van der Waals surface area (Å²) in [4.78, 5) is 19.6. The summed E-state index contributed by atoms with van der Waals surface area (Å²) in [5.74, 6) is 0.348. The molecule has 1 aromatic heterocycles. The van der Waals surface area contributed by atoms with E-state index in [1.54, 1.807) is 12.1 Å². The third-order valence-electron chi connectivity index (χ3n) is 5.39. The standard InChI is InChI=1S/C24H23ClN2O/c25-22-8-6-20(7-9-22)24(28)21-11-14-27(15-12-21)17-18-10-13-26-23(16-18)19-4-2-1-3-5-19/h1-10,13,16,21H,11-12,14-15,17H2. The van der Waals surface area contributed by atoms with Crippen molar-refractivity contribution in [1.82, 2.24) is 9.88 Å². The van der Waals surface area contributed by atoms with E-state index < -0.39 is 0 Å². The number of Topliss-reactive ketones (excluding diaryl/α,β-unsaturated/α-hetero) is 1. The third kappa shape index (κ3) is 4.49. The quantitative estimate of drug-likeness (QED) is 0.539. The van der Waals surface area contributed by atoms with Crippen LogP contribution in [0.5, 0.6) is 0 Å². The van der Waals surface area contributed by atoms with Crippen molar-refractivity contribution in [3.63, 3.8) is 0 Å². The van der Waals surface area contributed by atoms with Crippen LogP contribution in [0.15, 0.2) is 72.9 Å². The second-order valence-corrected chi connectivity index (χ2v) is 7.77. The number of benzene rings is 2. The maximum Gasteiger partial charge on any atom is 0.166 e. The fraction of sp³-hybridized carbons (Fsp3) is 0.250. The monoisotopic (exact) mass is 390 g/mol. The fourth-order valence-corrected chi connectivity index (χ4v) is 3.93. The van der Waals surface area contributed by atoms with E-state index in [1.807, 2.05) is 36.5 Å². The van der Waals surface area contributed by atoms with E-state index in [0.29, 0.717) is 5.02 Å². The van der Waals surface area contributed by atoms with Gasteiger partial charge < -0.3 is 0 Å². The van der Waals surface area contributed by atoms with Gasteiger partial charge in [0.25, 0.3) is 0 Å². The molecule has 1 aliphatic heterocycles. The maximum atomic E-state index is 12.7. The van der Waals surface area contributed by atoms with E-state index in [1.165, 1.54) is 5.56 Å². The molecule has 0 N–H and O–H groups in total. The van der Waals surface area contributed by atoms with Gasteiger partial charge in [-0.25, -0.2) is 0 Å². The molecule has 1 aliphatic rings. The molecule has 4 heteroatoms. The number of carbonyl (C=O) groups is 1. The minimum atomic E-state index is 0.106. The van der Waals surface area contributed by atoms with Crippen LogP contribution in [0.1, 0.15) is 28.8 Å². The first kappa shape index (κ1) is 18.9. The second-order valence-electron chi connectivity index (χ2n) is 7.34. The average Bonchev–Trinajstić information content (AvgIpc) is 2.75. The van der Waals surface area contributed by atoms with Gasteiger partial charge in [0.1, 0.15) is 0 Å². The highest BCUT2D eigenvalue weighted by Gasteiger charge is 2.25. The number of hydrogen-bond donors (Lipinski definition) is 0. The molecule has 0 saturated carbocycles. The van der Waals surface area contributed by atoms with Crippen LogP contribution in [0.2, 0.25) is 5.02 Å². The number of carbonyl (C=O) groups excluding carboxylic acids is 1. The summed E-state index contributed by atoms with van der Waals surface area (Å²) in [7, 11) is 0. The molecule has 4 rings (SSSR count). The summed E-state index contributed by atoms with van der Waals surface area (Å²) in [6, 6.07) is 21.7. The molecule has 1 fully saturated rings. The van der Waals surface area contributed by atoms with Crippen LogP contribution >= 0.6 is 11.6 Å². The Morgan fingerprint density at radius 2 is 1.71 bits per heavy atom. The molecular formula is C24H23ClN2O. The number of likely N-dealkylation sites (tertiary alicyclic amines) is 1. The molecule has 0 bridgehead atoms. The highest BCUT2D eigenvalue weighted by Crippen LogP contribution is 2.24. The Hall–Kier alpha value is -2.49. The summed E-state index contributed by atoms with van der Waals surface area (Å²) in [6.07, 6.45) is 3.69. The summed E-state index contributed by atoms with van der Waals surface area (Å²) >= 11 is 5.93. The molecule has 0 atom stereocenters. The molecule has 2 heterocycles. The van der Waals surface area contributed by atoms with Crippen molar-refractivity contribution in [3.05, 3.63) is 89.1 Å². The van der Waals surface area contributed by atoms with Gasteiger partial charge in [0.2, 0.25) is 0 Å². The number of halogens is 1. The van der Waals surface area contributed by atoms with Crippen LogP contribution in [-0.4, -0.2) is 28.8 Å². The SMILES string of the molecule is O=C(c1ccc(Cl)cc1)C1CCN(Cc2ccnc(-c3ccccc3)c2)CC1. The Kier molecular flexibility index (Phi) is 5.84. The molecule has 0 unspecified atom stereocenters. The van der Waals surface area contributed by atoms with Gasteiger partial charge in [-0.2, -0.15) is 0 Å². The Morgan fingerprint density at radius 1 is 1.00 bits per heavy atom. The topological polar surface area (TPSA) is 33.2 Å². The highest BCUT2D eigenvalue weighted by molar-refractivity contribution is 6.30. The van der Waals surface area contributed by atoms with Crippen LogP contribution in [0.3, 0.4) is 0 Å². The normalized spacial score (nSPS) is 15.5. The molecule has 0 radical (unpaired) electrons. The number of hydrogen-bond acceptors (Lipinski definition) is 3. The van der Waals surface area contributed by atoms with Gasteiger partial charge in [0.05, 0.1) is 5.69 Å². The predicted octanol–water partition coefficient (Wildman–Crippen LogP) is 5.50. The number of piperidine rings is 1. The Labute approximate surface area is 171 Å². The predicted molar refractivity (Wildman–Crippen MR) is 113 cm³/mol. The summed E-state index contributed by atoms with van der Waals surface area (Å²) < 4.78 is 0. The van der Waals surface area contributed by atoms with Crippen molar-refractivity contribution in [2.24, 2.45) is 5.92 Å². The summed E-state index contributed by atoms with van der Waals surface area (Å²) in [5, 5.41) is 0.665. The molecule has 1 saturated heterocycles. The Balaban J connectivity index is 1.36. The minimum absolute atomic E-state index is 0.106. The maximum absolute atomic E-state index is 12.7. The van der Waals surface area contributed by atoms with E-state index in [9.17, 15) is 4.79 Å². The van der Waals surface area contributed by atoms with Gasteiger partial charge in [-0.1, -0.05) is 41.9 Å². The first-order valence-electron chi connectivity index (χ1n) is 9.71. The van der Waals surface area contributed by atoms with Crippen molar-refractivity contribution < 1.29 is 4.79 Å². The lowest BCUT2D eigenvalue weighted by molar-refractivity contribution is 0.0835. The van der Waals surface area contributed by atoms with Crippen LogP contribution in [0, 0.1) is 5.92 Å². The zero-order valence-corrected chi connectivity index (χ0v) is 16.5. The molecule has 142 valence electrons. The number of pyridine rings is 1. The van der Waals surface area contributed by atoms with E-state index in [0.717, 1.165) is 49.3 Å². The second kappa shape index (κ2) is 8.68. The van der Waals surface area contributed by atoms with Crippen molar-refractivity contribution in [2.75, 3.05) is 13.1 Å². The number of ketones is 1. The lowest BCUT2D eigenvalue weighted by atomic mass is 9.89. The van der Waals surface area contributed by atoms with Gasteiger partial charge >= 0.3 is 0 Å². The van der Waals surface area contributed by atoms with Crippen molar-refractivity contribution in [1.29, 1.82) is 0 Å². The van der Waals surface area contributed by atoms with E-state index in [-0.39, 0.29) is 11.7 Å². The minimum Gasteiger partial charge on any atom is -0.299 e. The van der Waals surface area contributed by atoms with Crippen molar-refractivity contribution in [3.8, 4) is 11.3 Å². The molecule has 2 aromatic carbocycles. The smallest absolute Gasteiger partial charge is 0.166 e. The van der Waals surface area contributed by atoms with Crippen LogP contribution < -0.4 is 0 Å². The molecule has 3 aromatic rings. The number of aromatic nitrogens is 1. The van der Waals surface area contributed by atoms with Gasteiger partial charge in [0, 0.05) is 34.8 Å². The largest absolute Gasteiger partial charge is 0.299 e. The van der Waals surface area contributed by atoms with Gasteiger partial charge in [0.15, 0.2) is 5.78 Å². The molecule has 3 nitrogen and oxygen atoms in total. The fourth-order valence-electron chi connectivity index (χ4n) is 3.80. The zero-order valence-electron chi connectivity index (χ0n) is 15.7. The van der Waals surface area contributed by atoms with E-state index in [2.05, 4.69) is 34.1 Å². The van der Waals surface area contributed by atoms with Crippen LogP contribution in [-0.2, 0) is 6.54 Å². The highest BCUT2D eigenvalue weighted by atomic mass is 35.5. The molecule has 0 amide bonds. The average molecular weight is 391 g/mol. The van der Waals surface area contributed by atoms with Gasteiger partial charge in [-0.15, -0.1) is 0 Å². The molecule has 0 spiro atoms. The number of rotatable bonds is 5. The van der Waals surface area contributed by atoms with E-state index >= 15 is 0 Å². The van der Waals surface area contributed by atoms with Gasteiger partial charge in [-0.3, -0.25) is 14.7 Å². The zero-order chi connectivity index (χ0) is 19.3. The summed E-state index contributed by atoms with van der Waals surface area (Å²) in [6.45, 7) is 2.77. The number of nitrogens with zero attached hydrogens (tertiary/aromatic N) is 2. The van der Waals surface area contributed by atoms with Crippen molar-refractivity contribution in [2.45, 2.75) is 19.4 Å². The van der Waals surface area contributed by atoms with Gasteiger partial charge in [-0.05, 0) is 67.9 Å². The van der Waals surface area contributed by atoms with Crippen LogP contribution in [0.25, 0.3) is 11.3 Å². The third-order valence-corrected chi connectivity index (χ3v) is 5.64. The first-order valence-corrected chi connectivity index (χ1v) is 10.1. The molecular weight excluding hydrogens is 368 g/mol. The molecule has 28 heavy (non-hydrogen) atoms. The first-order chi connectivity index (χ1) is 13.7. The van der Waals surface area contributed by atoms with E-state index in [4.69, 9.17) is 11.6 Å². The lowest BCUT2D eigenvalue weighted by Crippen LogP contribution is -2.36. The lowest BCUT2D eigenvalue weighted by Gasteiger charge is -2.31. The van der Waals surface area contributed by atoms with Crippen LogP contribution in [0.4, 0.5) is 0 Å². The Morgan fingerprint density at radius 3 is 2.43 bits per heavy atom. The Bertz CT molecular complexity index is 932. The molecule has 0 aliphatic carbocycles. The van der Waals surface area contributed by atoms with Crippen molar-refractivity contribution >= 4 is 17.4 Å². The summed E-state index contributed by atoms with van der Waals surface area (Å²) in [5.41, 5.74) is 4.17.